The van der Waals surface area contributed by atoms with Crippen molar-refractivity contribution in [2.45, 2.75) is 0 Å². The van der Waals surface area contributed by atoms with Crippen molar-refractivity contribution in [3.63, 3.8) is 0 Å². The van der Waals surface area contributed by atoms with Crippen molar-refractivity contribution in [1.29, 1.82) is 0 Å². The lowest BCUT2D eigenvalue weighted by molar-refractivity contribution is -0.384. The Hall–Kier alpha value is -4.61. The minimum absolute atomic E-state index is 0.0270. The van der Waals surface area contributed by atoms with Gasteiger partial charge in [-0.25, -0.2) is 10.4 Å². The molecule has 0 aliphatic rings. The van der Waals surface area contributed by atoms with Gasteiger partial charge in [0.2, 0.25) is 0 Å². The maximum atomic E-state index is 12.5. The van der Waals surface area contributed by atoms with Crippen molar-refractivity contribution in [1.82, 2.24) is 10.4 Å². The third kappa shape index (κ3) is 5.85. The Morgan fingerprint density at radius 2 is 1.84 bits per heavy atom. The molecule has 5 rings (SSSR count). The summed E-state index contributed by atoms with van der Waals surface area (Å²) in [5, 5.41) is 20.9. The van der Waals surface area contributed by atoms with Crippen molar-refractivity contribution >= 4 is 55.9 Å². The quantitative estimate of drug-likeness (QED) is 0.112. The summed E-state index contributed by atoms with van der Waals surface area (Å²) >= 11 is 4.83. The Morgan fingerprint density at radius 1 is 1.05 bits per heavy atom. The average Bonchev–Trinajstić information content (AvgIpc) is 3.59. The summed E-state index contributed by atoms with van der Waals surface area (Å²) in [6.07, 6.45) is 1.38. The fraction of sp³-hybridized carbons (Fsp3) is 0. The van der Waals surface area contributed by atoms with E-state index in [1.54, 1.807) is 42.5 Å². The third-order valence-corrected chi connectivity index (χ3v) is 6.80. The van der Waals surface area contributed by atoms with Gasteiger partial charge in [-0.05, 0) is 58.4 Å². The monoisotopic (exact) mass is 587 g/mol. The normalized spacial score (nSPS) is 11.0. The number of benzene rings is 3. The molecule has 0 unspecified atom stereocenters. The molecule has 5 aromatic rings. The molecule has 9 nitrogen and oxygen atoms in total. The summed E-state index contributed by atoms with van der Waals surface area (Å²) in [5.74, 6) is 0.528. The zero-order chi connectivity index (χ0) is 26.5. The van der Waals surface area contributed by atoms with E-state index in [9.17, 15) is 14.9 Å². The number of hydrazone groups is 1. The average molecular weight is 588 g/mol. The van der Waals surface area contributed by atoms with Crippen LogP contribution < -0.4 is 10.7 Å². The second-order valence-corrected chi connectivity index (χ2v) is 9.64. The van der Waals surface area contributed by atoms with Crippen LogP contribution >= 0.6 is 27.3 Å². The number of hydrogen-bond acceptors (Lipinski definition) is 8. The molecule has 11 heteroatoms. The van der Waals surface area contributed by atoms with E-state index in [0.29, 0.717) is 27.1 Å². The van der Waals surface area contributed by atoms with Crippen LogP contribution in [0.5, 0.6) is 0 Å². The molecule has 3 aromatic carbocycles. The van der Waals surface area contributed by atoms with Crippen LogP contribution in [0.3, 0.4) is 0 Å². The highest BCUT2D eigenvalue weighted by molar-refractivity contribution is 9.10. The van der Waals surface area contributed by atoms with Gasteiger partial charge in [-0.1, -0.05) is 30.3 Å². The Morgan fingerprint density at radius 3 is 2.58 bits per heavy atom. The maximum Gasteiger partial charge on any atom is 0.271 e. The summed E-state index contributed by atoms with van der Waals surface area (Å²) in [4.78, 5) is 27.5. The lowest BCUT2D eigenvalue weighted by Gasteiger charge is -2.04. The number of hydrogen-bond donors (Lipinski definition) is 2. The van der Waals surface area contributed by atoms with Gasteiger partial charge in [-0.15, -0.1) is 11.3 Å². The molecule has 38 heavy (non-hydrogen) atoms. The van der Waals surface area contributed by atoms with E-state index in [2.05, 4.69) is 36.8 Å². The molecule has 0 saturated carbocycles. The molecule has 2 N–H and O–H groups in total. The first-order valence-electron chi connectivity index (χ1n) is 11.2. The highest BCUT2D eigenvalue weighted by atomic mass is 79.9. The number of nitrogens with one attached hydrogen (secondary N) is 2. The smallest absolute Gasteiger partial charge is 0.271 e. The van der Waals surface area contributed by atoms with Gasteiger partial charge < -0.3 is 9.73 Å². The van der Waals surface area contributed by atoms with E-state index >= 15 is 0 Å². The van der Waals surface area contributed by atoms with Crippen molar-refractivity contribution < 1.29 is 14.1 Å². The zero-order valence-corrected chi connectivity index (χ0v) is 21.9. The Bertz CT molecular complexity index is 1630. The second-order valence-electron chi connectivity index (χ2n) is 7.93. The van der Waals surface area contributed by atoms with Crippen LogP contribution in [0.2, 0.25) is 0 Å². The lowest BCUT2D eigenvalue weighted by Crippen LogP contribution is -2.17. The number of carbonyl (C=O) groups is 1. The maximum absolute atomic E-state index is 12.5. The number of nitrogens with zero attached hydrogens (tertiary/aromatic N) is 3. The van der Waals surface area contributed by atoms with Gasteiger partial charge in [-0.2, -0.15) is 5.10 Å². The number of halogens is 1. The summed E-state index contributed by atoms with van der Waals surface area (Å²) in [5.41, 5.74) is 6.29. The number of carbonyl (C=O) groups excluding carboxylic acids is 1. The number of furan rings is 1. The molecule has 0 spiro atoms. The van der Waals surface area contributed by atoms with E-state index in [1.165, 1.54) is 29.7 Å². The van der Waals surface area contributed by atoms with Crippen molar-refractivity contribution in [3.05, 3.63) is 116 Å². The first kappa shape index (κ1) is 25.1. The molecule has 2 aromatic heterocycles. The number of nitro benzene ring substituents is 1. The highest BCUT2D eigenvalue weighted by Gasteiger charge is 2.13. The van der Waals surface area contributed by atoms with Gasteiger partial charge in [0.15, 0.2) is 5.13 Å². The molecule has 0 radical (unpaired) electrons. The molecule has 188 valence electrons. The van der Waals surface area contributed by atoms with Gasteiger partial charge in [0, 0.05) is 44.4 Å². The summed E-state index contributed by atoms with van der Waals surface area (Å²) < 4.78 is 6.26. The second kappa shape index (κ2) is 11.2. The minimum atomic E-state index is -0.468. The molecule has 1 amide bonds. The molecule has 2 heterocycles. The fourth-order valence-electron chi connectivity index (χ4n) is 3.50. The molecule has 0 fully saturated rings. The van der Waals surface area contributed by atoms with Crippen LogP contribution in [-0.2, 0) is 0 Å². The number of amides is 1. The molecular weight excluding hydrogens is 570 g/mol. The van der Waals surface area contributed by atoms with Crippen LogP contribution in [0.15, 0.2) is 104 Å². The number of thiazole rings is 1. The first-order chi connectivity index (χ1) is 18.5. The predicted octanol–water partition coefficient (Wildman–Crippen LogP) is 7.25. The molecule has 0 saturated heterocycles. The minimum Gasteiger partial charge on any atom is -0.455 e. The molecule has 0 aliphatic heterocycles. The highest BCUT2D eigenvalue weighted by Crippen LogP contribution is 2.32. The van der Waals surface area contributed by atoms with Crippen LogP contribution in [0.1, 0.15) is 16.1 Å². The number of nitro groups is 1. The van der Waals surface area contributed by atoms with E-state index < -0.39 is 4.92 Å². The topological polar surface area (TPSA) is 123 Å². The fourth-order valence-corrected chi connectivity index (χ4v) is 4.81. The van der Waals surface area contributed by atoms with Gasteiger partial charge >= 0.3 is 0 Å². The number of rotatable bonds is 8. The van der Waals surface area contributed by atoms with Crippen LogP contribution in [0.4, 0.5) is 16.5 Å². The van der Waals surface area contributed by atoms with Gasteiger partial charge in [0.25, 0.3) is 11.6 Å². The lowest BCUT2D eigenvalue weighted by atomic mass is 10.1. The number of anilines is 2. The van der Waals surface area contributed by atoms with Crippen LogP contribution in [0.25, 0.3) is 22.6 Å². The SMILES string of the molecule is O=C(N/N=C/c1ccc(-c2ccc([N+](=O)[O-])cc2Br)o1)c1ccc(Nc2nc(-c3ccccc3)cs2)cc1. The summed E-state index contributed by atoms with van der Waals surface area (Å²) in [6.45, 7) is 0. The predicted molar refractivity (Wildman–Crippen MR) is 151 cm³/mol. The van der Waals surface area contributed by atoms with E-state index in [4.69, 9.17) is 4.42 Å². The standard InChI is InChI=1S/C27H18BrN5O4S/c28-23-14-20(33(35)36)10-12-22(23)25-13-11-21(37-25)15-29-32-26(34)18-6-8-19(9-7-18)30-27-31-24(16-38-27)17-4-2-1-3-5-17/h1-16H,(H,30,31)(H,32,34)/b29-15+. The van der Waals surface area contributed by atoms with Crippen LogP contribution in [0, 0.1) is 10.1 Å². The van der Waals surface area contributed by atoms with Crippen molar-refractivity contribution in [2.24, 2.45) is 5.10 Å². The van der Waals surface area contributed by atoms with Gasteiger partial charge in [-0.3, -0.25) is 14.9 Å². The van der Waals surface area contributed by atoms with E-state index in [1.807, 2.05) is 35.7 Å². The summed E-state index contributed by atoms with van der Waals surface area (Å²) in [7, 11) is 0. The van der Waals surface area contributed by atoms with Gasteiger partial charge in [0.05, 0.1) is 16.8 Å². The Kier molecular flexibility index (Phi) is 7.38. The van der Waals surface area contributed by atoms with Crippen molar-refractivity contribution in [2.75, 3.05) is 5.32 Å². The Labute approximate surface area is 229 Å². The number of aromatic nitrogens is 1. The molecule has 0 bridgehead atoms. The van der Waals surface area contributed by atoms with E-state index in [-0.39, 0.29) is 11.6 Å². The van der Waals surface area contributed by atoms with Crippen molar-refractivity contribution in [3.8, 4) is 22.6 Å². The zero-order valence-electron chi connectivity index (χ0n) is 19.5. The summed E-state index contributed by atoms with van der Waals surface area (Å²) in [6, 6.07) is 24.7. The first-order valence-corrected chi connectivity index (χ1v) is 12.9. The largest absolute Gasteiger partial charge is 0.455 e. The Balaban J connectivity index is 1.17. The number of non-ortho nitro benzene ring substituents is 1. The molecule has 0 atom stereocenters. The van der Waals surface area contributed by atoms with Gasteiger partial charge in [0.1, 0.15) is 11.5 Å². The van der Waals surface area contributed by atoms with E-state index in [0.717, 1.165) is 22.1 Å². The molecular formula is C27H18BrN5O4S. The molecule has 0 aliphatic carbocycles. The van der Waals surface area contributed by atoms with Crippen LogP contribution in [-0.4, -0.2) is 22.0 Å². The third-order valence-electron chi connectivity index (χ3n) is 5.39.